The Labute approximate surface area is 115 Å². The largest absolute Gasteiger partial charge is 0.379 e. The first-order chi connectivity index (χ1) is 9.26. The molecule has 0 saturated heterocycles. The van der Waals surface area contributed by atoms with Crippen molar-refractivity contribution in [1.29, 1.82) is 0 Å². The zero-order valence-electron chi connectivity index (χ0n) is 11.9. The lowest BCUT2D eigenvalue weighted by atomic mass is 9.81. The van der Waals surface area contributed by atoms with Crippen molar-refractivity contribution in [2.45, 2.75) is 51.2 Å². The fraction of sp³-hybridized carbons (Fsp3) is 0.667. The molecular weight excluding hydrogens is 238 g/mol. The van der Waals surface area contributed by atoms with Gasteiger partial charge in [0.15, 0.2) is 0 Å². The van der Waals surface area contributed by atoms with Crippen molar-refractivity contribution in [3.63, 3.8) is 0 Å². The zero-order valence-corrected chi connectivity index (χ0v) is 11.9. The van der Waals surface area contributed by atoms with E-state index in [1.165, 1.54) is 32.1 Å². The molecule has 1 aromatic rings. The average Bonchev–Trinajstić information content (AvgIpc) is 2.47. The van der Waals surface area contributed by atoms with Gasteiger partial charge in [0.05, 0.1) is 12.1 Å². The Hall–Kier alpha value is -0.970. The van der Waals surface area contributed by atoms with Crippen molar-refractivity contribution in [2.24, 2.45) is 11.8 Å². The summed E-state index contributed by atoms with van der Waals surface area (Å²) in [5.74, 6) is 6.35. The molecule has 2 rings (SSSR count). The number of aromatic nitrogens is 1. The molecule has 0 aliphatic heterocycles. The van der Waals surface area contributed by atoms with Crippen LogP contribution in [0.3, 0.4) is 0 Å². The summed E-state index contributed by atoms with van der Waals surface area (Å²) in [6, 6.07) is 4.12. The normalized spacial score (nSPS) is 20.2. The van der Waals surface area contributed by atoms with Gasteiger partial charge in [-0.3, -0.25) is 16.3 Å². The molecule has 0 spiro atoms. The van der Waals surface area contributed by atoms with Crippen LogP contribution in [0.2, 0.25) is 0 Å². The van der Waals surface area contributed by atoms with Crippen molar-refractivity contribution in [2.75, 3.05) is 7.11 Å². The first kappa shape index (κ1) is 14.4. The van der Waals surface area contributed by atoms with Gasteiger partial charge in [0.25, 0.3) is 0 Å². The number of rotatable bonds is 5. The minimum absolute atomic E-state index is 0.0150. The fourth-order valence-electron chi connectivity index (χ4n) is 3.11. The second kappa shape index (κ2) is 6.98. The first-order valence-electron chi connectivity index (χ1n) is 7.17. The fourth-order valence-corrected chi connectivity index (χ4v) is 3.11. The summed E-state index contributed by atoms with van der Waals surface area (Å²) >= 11 is 0. The van der Waals surface area contributed by atoms with Crippen LogP contribution in [-0.2, 0) is 4.74 Å². The maximum atomic E-state index is 5.77. The lowest BCUT2D eigenvalue weighted by Crippen LogP contribution is -2.42. The standard InChI is InChI=1S/C15H25N3O/c1-11-8-9-13(10-17-11)14(18-16)15(19-2)12-6-4-3-5-7-12/h8-10,12,14-15,18H,3-7,16H2,1-2H3. The summed E-state index contributed by atoms with van der Waals surface area (Å²) in [6.07, 6.45) is 8.43. The van der Waals surface area contributed by atoms with E-state index in [1.807, 2.05) is 19.2 Å². The van der Waals surface area contributed by atoms with Gasteiger partial charge in [0.1, 0.15) is 0 Å². The molecule has 1 heterocycles. The van der Waals surface area contributed by atoms with Gasteiger partial charge in [-0.1, -0.05) is 25.3 Å². The monoisotopic (exact) mass is 263 g/mol. The third-order valence-corrected chi connectivity index (χ3v) is 4.19. The van der Waals surface area contributed by atoms with E-state index >= 15 is 0 Å². The number of hydrogen-bond acceptors (Lipinski definition) is 4. The van der Waals surface area contributed by atoms with Crippen LogP contribution < -0.4 is 11.3 Å². The molecule has 4 nitrogen and oxygen atoms in total. The van der Waals surface area contributed by atoms with E-state index in [2.05, 4.69) is 16.5 Å². The van der Waals surface area contributed by atoms with Crippen molar-refractivity contribution < 1.29 is 4.74 Å². The van der Waals surface area contributed by atoms with E-state index in [4.69, 9.17) is 10.6 Å². The number of hydrazine groups is 1. The van der Waals surface area contributed by atoms with Crippen LogP contribution in [-0.4, -0.2) is 18.2 Å². The molecule has 1 saturated carbocycles. The highest BCUT2D eigenvalue weighted by Gasteiger charge is 2.31. The average molecular weight is 263 g/mol. The van der Waals surface area contributed by atoms with Crippen LogP contribution in [0.15, 0.2) is 18.3 Å². The van der Waals surface area contributed by atoms with Crippen LogP contribution in [0.4, 0.5) is 0 Å². The lowest BCUT2D eigenvalue weighted by molar-refractivity contribution is 0.00741. The highest BCUT2D eigenvalue weighted by Crippen LogP contribution is 2.33. The van der Waals surface area contributed by atoms with Crippen molar-refractivity contribution in [3.8, 4) is 0 Å². The third kappa shape index (κ3) is 3.53. The van der Waals surface area contributed by atoms with Crippen molar-refractivity contribution in [3.05, 3.63) is 29.6 Å². The number of hydrogen-bond donors (Lipinski definition) is 2. The van der Waals surface area contributed by atoms with Gasteiger partial charge < -0.3 is 4.74 Å². The maximum absolute atomic E-state index is 5.77. The molecule has 0 aromatic carbocycles. The number of nitrogens with zero attached hydrogens (tertiary/aromatic N) is 1. The highest BCUT2D eigenvalue weighted by atomic mass is 16.5. The Balaban J connectivity index is 2.15. The van der Waals surface area contributed by atoms with E-state index in [0.29, 0.717) is 5.92 Å². The minimum Gasteiger partial charge on any atom is -0.379 e. The minimum atomic E-state index is 0.0150. The van der Waals surface area contributed by atoms with Gasteiger partial charge in [-0.25, -0.2) is 0 Å². The van der Waals surface area contributed by atoms with E-state index in [9.17, 15) is 0 Å². The van der Waals surface area contributed by atoms with Crippen LogP contribution >= 0.6 is 0 Å². The number of nitrogens with one attached hydrogen (secondary N) is 1. The predicted octanol–water partition coefficient (Wildman–Crippen LogP) is 2.49. The van der Waals surface area contributed by atoms with E-state index < -0.39 is 0 Å². The van der Waals surface area contributed by atoms with Crippen LogP contribution in [0.5, 0.6) is 0 Å². The Bertz CT molecular complexity index is 373. The molecule has 2 unspecified atom stereocenters. The summed E-state index contributed by atoms with van der Waals surface area (Å²) in [7, 11) is 1.78. The molecule has 1 aliphatic rings. The predicted molar refractivity (Wildman–Crippen MR) is 76.4 cm³/mol. The van der Waals surface area contributed by atoms with Gasteiger partial charge in [-0.2, -0.15) is 0 Å². The number of nitrogens with two attached hydrogens (primary N) is 1. The molecule has 1 aliphatic carbocycles. The molecule has 0 radical (unpaired) electrons. The lowest BCUT2D eigenvalue weighted by Gasteiger charge is -2.34. The second-order valence-electron chi connectivity index (χ2n) is 5.48. The highest BCUT2D eigenvalue weighted by molar-refractivity contribution is 5.18. The summed E-state index contributed by atoms with van der Waals surface area (Å²) in [4.78, 5) is 4.36. The number of ether oxygens (including phenoxy) is 1. The Morgan fingerprint density at radius 2 is 2.05 bits per heavy atom. The molecule has 2 atom stereocenters. The SMILES string of the molecule is COC(C1CCCCC1)C(NN)c1ccc(C)nc1. The van der Waals surface area contributed by atoms with E-state index in [-0.39, 0.29) is 12.1 Å². The quantitative estimate of drug-likeness (QED) is 0.633. The van der Waals surface area contributed by atoms with Gasteiger partial charge in [-0.15, -0.1) is 0 Å². The Morgan fingerprint density at radius 3 is 2.58 bits per heavy atom. The second-order valence-corrected chi connectivity index (χ2v) is 5.48. The topological polar surface area (TPSA) is 60.2 Å². The molecule has 1 fully saturated rings. The molecule has 0 bridgehead atoms. The molecule has 19 heavy (non-hydrogen) atoms. The number of aryl methyl sites for hydroxylation is 1. The maximum Gasteiger partial charge on any atom is 0.0807 e. The zero-order chi connectivity index (χ0) is 13.7. The molecular formula is C15H25N3O. The van der Waals surface area contributed by atoms with Gasteiger partial charge in [-0.05, 0) is 37.3 Å². The Kier molecular flexibility index (Phi) is 5.31. The first-order valence-corrected chi connectivity index (χ1v) is 7.17. The van der Waals surface area contributed by atoms with Crippen molar-refractivity contribution in [1.82, 2.24) is 10.4 Å². The molecule has 1 aromatic heterocycles. The molecule has 0 amide bonds. The van der Waals surface area contributed by atoms with Crippen molar-refractivity contribution >= 4 is 0 Å². The molecule has 106 valence electrons. The molecule has 4 heteroatoms. The van der Waals surface area contributed by atoms with Gasteiger partial charge in [0, 0.05) is 19.0 Å². The number of methoxy groups -OCH3 is 1. The van der Waals surface area contributed by atoms with Gasteiger partial charge >= 0.3 is 0 Å². The summed E-state index contributed by atoms with van der Waals surface area (Å²) in [5.41, 5.74) is 5.04. The number of pyridine rings is 1. The molecule has 3 N–H and O–H groups in total. The summed E-state index contributed by atoms with van der Waals surface area (Å²) in [5, 5.41) is 0. The Morgan fingerprint density at radius 1 is 1.32 bits per heavy atom. The summed E-state index contributed by atoms with van der Waals surface area (Å²) in [6.45, 7) is 1.99. The summed E-state index contributed by atoms with van der Waals surface area (Å²) < 4.78 is 5.76. The van der Waals surface area contributed by atoms with Crippen LogP contribution in [0.25, 0.3) is 0 Å². The van der Waals surface area contributed by atoms with Gasteiger partial charge in [0.2, 0.25) is 0 Å². The van der Waals surface area contributed by atoms with Crippen LogP contribution in [0.1, 0.15) is 49.4 Å². The third-order valence-electron chi connectivity index (χ3n) is 4.19. The smallest absolute Gasteiger partial charge is 0.0807 e. The van der Waals surface area contributed by atoms with E-state index in [1.54, 1.807) is 7.11 Å². The van der Waals surface area contributed by atoms with E-state index in [0.717, 1.165) is 11.3 Å². The van der Waals surface area contributed by atoms with Crippen LogP contribution in [0, 0.1) is 12.8 Å².